The zero-order valence-electron chi connectivity index (χ0n) is 22.8. The molecule has 0 radical (unpaired) electrons. The first-order valence-electron chi connectivity index (χ1n) is 12.6. The smallest absolute Gasteiger partial charge is 0.226 e. The van der Waals surface area contributed by atoms with E-state index in [1.165, 1.54) is 0 Å². The Morgan fingerprint density at radius 3 is 2.34 bits per heavy atom. The van der Waals surface area contributed by atoms with E-state index in [4.69, 9.17) is 19.9 Å². The summed E-state index contributed by atoms with van der Waals surface area (Å²) in [5.74, 6) is 2.05. The van der Waals surface area contributed by atoms with Gasteiger partial charge in [0.05, 0.1) is 19.8 Å². The molecule has 0 aliphatic carbocycles. The number of amides is 1. The number of aliphatic hydroxyl groups is 1. The van der Waals surface area contributed by atoms with Crippen LogP contribution < -0.4 is 20.5 Å². The lowest BCUT2D eigenvalue weighted by molar-refractivity contribution is -0.131. The zero-order chi connectivity index (χ0) is 25.7. The van der Waals surface area contributed by atoms with Crippen molar-refractivity contribution >= 4 is 18.3 Å². The Morgan fingerprint density at radius 1 is 1.14 bits per heavy atom. The standard InChI is InChI=1S/C27H48N2O5.ClH/c1-8-27(5,9-2)26(31)29-18-23(30)22(28)17-21(19(3)4)15-20-11-12-24(33-7)25(16-20)34-14-10-13-32-6;/h11-12,16,19,21-23,30H,8-10,13-15,17-18,28H2,1-7H3,(H,29,31);1H/t21-,22-,23-;/m0./s1. The summed E-state index contributed by atoms with van der Waals surface area (Å²) in [6, 6.07) is 5.58. The summed E-state index contributed by atoms with van der Waals surface area (Å²) >= 11 is 0. The number of benzene rings is 1. The molecule has 3 atom stereocenters. The van der Waals surface area contributed by atoms with Crippen LogP contribution in [-0.2, 0) is 16.0 Å². The van der Waals surface area contributed by atoms with Gasteiger partial charge in [0.1, 0.15) is 0 Å². The average Bonchev–Trinajstić information content (AvgIpc) is 2.83. The van der Waals surface area contributed by atoms with Gasteiger partial charge in [0.25, 0.3) is 0 Å². The predicted octanol–water partition coefficient (Wildman–Crippen LogP) is 4.37. The number of ether oxygens (including phenoxy) is 3. The van der Waals surface area contributed by atoms with Crippen molar-refractivity contribution < 1.29 is 24.1 Å². The molecule has 35 heavy (non-hydrogen) atoms. The molecule has 204 valence electrons. The molecule has 4 N–H and O–H groups in total. The topological polar surface area (TPSA) is 103 Å². The molecule has 0 aliphatic rings. The highest BCUT2D eigenvalue weighted by Crippen LogP contribution is 2.31. The fourth-order valence-corrected chi connectivity index (χ4v) is 3.88. The van der Waals surface area contributed by atoms with Crippen molar-refractivity contribution in [2.24, 2.45) is 23.0 Å². The fraction of sp³-hybridized carbons (Fsp3) is 0.741. The van der Waals surface area contributed by atoms with E-state index >= 15 is 0 Å². The lowest BCUT2D eigenvalue weighted by Gasteiger charge is -2.29. The van der Waals surface area contributed by atoms with Crippen LogP contribution in [-0.4, -0.2) is 57.1 Å². The number of carbonyl (C=O) groups excluding carboxylic acids is 1. The summed E-state index contributed by atoms with van der Waals surface area (Å²) in [5.41, 5.74) is 7.10. The molecular formula is C27H49ClN2O5. The second-order valence-electron chi connectivity index (χ2n) is 9.83. The van der Waals surface area contributed by atoms with Crippen LogP contribution >= 0.6 is 12.4 Å². The van der Waals surface area contributed by atoms with Gasteiger partial charge in [0.15, 0.2) is 11.5 Å². The Labute approximate surface area is 218 Å². The van der Waals surface area contributed by atoms with Crippen LogP contribution in [0.25, 0.3) is 0 Å². The third-order valence-electron chi connectivity index (χ3n) is 7.07. The number of halogens is 1. The second kappa shape index (κ2) is 17.0. The van der Waals surface area contributed by atoms with Crippen LogP contribution in [0.5, 0.6) is 11.5 Å². The van der Waals surface area contributed by atoms with Crippen LogP contribution in [0.3, 0.4) is 0 Å². The Balaban J connectivity index is 0.0000116. The molecule has 7 nitrogen and oxygen atoms in total. The Bertz CT molecular complexity index is 728. The van der Waals surface area contributed by atoms with Crippen molar-refractivity contribution in [2.45, 2.75) is 78.9 Å². The van der Waals surface area contributed by atoms with Gasteiger partial charge < -0.3 is 30.4 Å². The number of carbonyl (C=O) groups is 1. The molecule has 0 heterocycles. The first-order chi connectivity index (χ1) is 16.1. The van der Waals surface area contributed by atoms with Crippen molar-refractivity contribution in [1.82, 2.24) is 5.32 Å². The van der Waals surface area contributed by atoms with Gasteiger partial charge in [-0.05, 0) is 55.2 Å². The third kappa shape index (κ3) is 10.9. The minimum absolute atomic E-state index is 0. The molecule has 0 fully saturated rings. The molecule has 1 rings (SSSR count). The Kier molecular flexibility index (Phi) is 16.3. The number of hydrogen-bond donors (Lipinski definition) is 3. The van der Waals surface area contributed by atoms with Gasteiger partial charge in [-0.1, -0.05) is 40.7 Å². The summed E-state index contributed by atoms with van der Waals surface area (Å²) < 4.78 is 16.5. The highest BCUT2D eigenvalue weighted by atomic mass is 35.5. The van der Waals surface area contributed by atoms with E-state index in [0.29, 0.717) is 31.3 Å². The maximum atomic E-state index is 12.5. The Hall–Kier alpha value is -1.54. The van der Waals surface area contributed by atoms with E-state index in [9.17, 15) is 9.90 Å². The van der Waals surface area contributed by atoms with Crippen molar-refractivity contribution in [3.63, 3.8) is 0 Å². The van der Waals surface area contributed by atoms with Crippen LogP contribution in [0.1, 0.15) is 65.9 Å². The maximum absolute atomic E-state index is 12.5. The first-order valence-corrected chi connectivity index (χ1v) is 12.6. The quantitative estimate of drug-likeness (QED) is 0.266. The van der Waals surface area contributed by atoms with Gasteiger partial charge in [0.2, 0.25) is 5.91 Å². The van der Waals surface area contributed by atoms with Gasteiger partial charge in [-0.2, -0.15) is 0 Å². The Morgan fingerprint density at radius 2 is 1.80 bits per heavy atom. The first kappa shape index (κ1) is 33.5. The molecule has 1 amide bonds. The zero-order valence-corrected chi connectivity index (χ0v) is 23.6. The SMILES string of the molecule is CCC(C)(CC)C(=O)NC[C@H](O)[C@@H](N)C[C@H](Cc1ccc(OC)c(OCCCOC)c1)C(C)C.Cl. The third-order valence-corrected chi connectivity index (χ3v) is 7.07. The molecule has 8 heteroatoms. The molecule has 0 bridgehead atoms. The van der Waals surface area contributed by atoms with Crippen molar-refractivity contribution in [1.29, 1.82) is 0 Å². The van der Waals surface area contributed by atoms with Gasteiger partial charge in [-0.15, -0.1) is 12.4 Å². The molecule has 0 spiro atoms. The molecule has 1 aromatic carbocycles. The second-order valence-corrected chi connectivity index (χ2v) is 9.83. The van der Waals surface area contributed by atoms with E-state index < -0.39 is 17.6 Å². The molecule has 0 saturated carbocycles. The number of nitrogens with one attached hydrogen (secondary N) is 1. The number of nitrogens with two attached hydrogens (primary N) is 1. The average molecular weight is 517 g/mol. The van der Waals surface area contributed by atoms with Gasteiger partial charge in [-0.25, -0.2) is 0 Å². The molecular weight excluding hydrogens is 468 g/mol. The summed E-state index contributed by atoms with van der Waals surface area (Å²) in [6.07, 6.45) is 2.99. The van der Waals surface area contributed by atoms with Crippen molar-refractivity contribution in [3.8, 4) is 11.5 Å². The van der Waals surface area contributed by atoms with E-state index in [-0.39, 0.29) is 30.8 Å². The predicted molar refractivity (Wildman–Crippen MR) is 145 cm³/mol. The van der Waals surface area contributed by atoms with Crippen LogP contribution in [0, 0.1) is 17.3 Å². The highest BCUT2D eigenvalue weighted by molar-refractivity contribution is 5.85. The van der Waals surface area contributed by atoms with Gasteiger partial charge >= 0.3 is 0 Å². The van der Waals surface area contributed by atoms with E-state index in [1.54, 1.807) is 14.2 Å². The summed E-state index contributed by atoms with van der Waals surface area (Å²) in [5, 5.41) is 13.5. The lowest BCUT2D eigenvalue weighted by Crippen LogP contribution is -2.47. The van der Waals surface area contributed by atoms with Gasteiger partial charge in [0, 0.05) is 38.1 Å². The van der Waals surface area contributed by atoms with Crippen LogP contribution in [0.2, 0.25) is 0 Å². The summed E-state index contributed by atoms with van der Waals surface area (Å²) in [4.78, 5) is 12.5. The van der Waals surface area contributed by atoms with Crippen molar-refractivity contribution in [3.05, 3.63) is 23.8 Å². The van der Waals surface area contributed by atoms with E-state index in [1.807, 2.05) is 32.9 Å². The lowest BCUT2D eigenvalue weighted by atomic mass is 9.82. The van der Waals surface area contributed by atoms with Crippen molar-refractivity contribution in [2.75, 3.05) is 34.0 Å². The summed E-state index contributed by atoms with van der Waals surface area (Å²) in [7, 11) is 3.31. The number of hydrogen-bond acceptors (Lipinski definition) is 6. The molecule has 0 aromatic heterocycles. The van der Waals surface area contributed by atoms with Crippen LogP contribution in [0.15, 0.2) is 18.2 Å². The number of aliphatic hydroxyl groups excluding tert-OH is 1. The molecule has 1 aromatic rings. The van der Waals surface area contributed by atoms with Crippen LogP contribution in [0.4, 0.5) is 0 Å². The number of methoxy groups -OCH3 is 2. The minimum atomic E-state index is -0.793. The normalized spacial score (nSPS) is 14.1. The maximum Gasteiger partial charge on any atom is 0.226 e. The highest BCUT2D eigenvalue weighted by Gasteiger charge is 2.30. The molecule has 0 aliphatic heterocycles. The van der Waals surface area contributed by atoms with Gasteiger partial charge in [-0.3, -0.25) is 4.79 Å². The summed E-state index contributed by atoms with van der Waals surface area (Å²) in [6.45, 7) is 11.7. The van der Waals surface area contributed by atoms with E-state index in [0.717, 1.165) is 37.0 Å². The molecule has 0 saturated heterocycles. The molecule has 0 unspecified atom stereocenters. The minimum Gasteiger partial charge on any atom is -0.493 e. The largest absolute Gasteiger partial charge is 0.493 e. The number of rotatable bonds is 17. The fourth-order valence-electron chi connectivity index (χ4n) is 3.88. The monoisotopic (exact) mass is 516 g/mol. The van der Waals surface area contributed by atoms with E-state index in [2.05, 4.69) is 25.2 Å².